The largest absolute Gasteiger partial charge is 0.307 e. The number of rotatable bonds is 3. The molecule has 2 rings (SSSR count). The Balaban J connectivity index is 1.91. The van der Waals surface area contributed by atoms with Gasteiger partial charge in [0, 0.05) is 13.1 Å². The molecule has 1 N–H and O–H groups in total. The van der Waals surface area contributed by atoms with Gasteiger partial charge < -0.3 is 5.32 Å². The van der Waals surface area contributed by atoms with Gasteiger partial charge in [-0.2, -0.15) is 5.10 Å². The van der Waals surface area contributed by atoms with Gasteiger partial charge in [-0.05, 0) is 24.7 Å². The van der Waals surface area contributed by atoms with Crippen molar-refractivity contribution in [3.05, 3.63) is 12.2 Å². The highest BCUT2D eigenvalue weighted by atomic mass is 15.3. The van der Waals surface area contributed by atoms with Crippen LogP contribution in [0.4, 0.5) is 0 Å². The Morgan fingerprint density at radius 3 is 2.62 bits per heavy atom. The SMILES string of the molecule is CC1CCCC(C)C1NCc1ncnn1C. The van der Waals surface area contributed by atoms with Crippen molar-refractivity contribution in [2.75, 3.05) is 0 Å². The molecular weight excluding hydrogens is 200 g/mol. The van der Waals surface area contributed by atoms with Gasteiger partial charge in [-0.15, -0.1) is 0 Å². The maximum absolute atomic E-state index is 4.24. The molecule has 90 valence electrons. The second kappa shape index (κ2) is 4.95. The molecule has 4 heteroatoms. The van der Waals surface area contributed by atoms with Crippen LogP contribution in [0.15, 0.2) is 6.33 Å². The summed E-state index contributed by atoms with van der Waals surface area (Å²) in [7, 11) is 1.94. The molecule has 0 saturated heterocycles. The summed E-state index contributed by atoms with van der Waals surface area (Å²) in [4.78, 5) is 4.24. The van der Waals surface area contributed by atoms with Crippen LogP contribution in [-0.2, 0) is 13.6 Å². The van der Waals surface area contributed by atoms with Crippen LogP contribution in [0, 0.1) is 11.8 Å². The Morgan fingerprint density at radius 2 is 2.06 bits per heavy atom. The predicted octanol–water partition coefficient (Wildman–Crippen LogP) is 1.73. The lowest BCUT2D eigenvalue weighted by molar-refractivity contribution is 0.206. The Kier molecular flexibility index (Phi) is 3.59. The van der Waals surface area contributed by atoms with Crippen LogP contribution < -0.4 is 5.32 Å². The van der Waals surface area contributed by atoms with E-state index in [4.69, 9.17) is 0 Å². The molecule has 2 unspecified atom stereocenters. The maximum atomic E-state index is 4.24. The summed E-state index contributed by atoms with van der Waals surface area (Å²) in [6.45, 7) is 5.53. The summed E-state index contributed by atoms with van der Waals surface area (Å²) in [6, 6.07) is 0.630. The lowest BCUT2D eigenvalue weighted by Gasteiger charge is -2.35. The second-order valence-corrected chi connectivity index (χ2v) is 5.09. The van der Waals surface area contributed by atoms with Gasteiger partial charge in [-0.1, -0.05) is 20.3 Å². The van der Waals surface area contributed by atoms with E-state index in [-0.39, 0.29) is 0 Å². The second-order valence-electron chi connectivity index (χ2n) is 5.09. The smallest absolute Gasteiger partial charge is 0.140 e. The molecule has 0 aromatic carbocycles. The Bertz CT molecular complexity index is 324. The molecule has 1 aromatic heterocycles. The summed E-state index contributed by atoms with van der Waals surface area (Å²) < 4.78 is 1.84. The van der Waals surface area contributed by atoms with E-state index in [1.807, 2.05) is 11.7 Å². The highest BCUT2D eigenvalue weighted by Gasteiger charge is 2.27. The first-order valence-electron chi connectivity index (χ1n) is 6.24. The Morgan fingerprint density at radius 1 is 1.38 bits per heavy atom. The van der Waals surface area contributed by atoms with Crippen molar-refractivity contribution in [1.29, 1.82) is 0 Å². The summed E-state index contributed by atoms with van der Waals surface area (Å²) in [5.41, 5.74) is 0. The molecule has 1 aliphatic carbocycles. The quantitative estimate of drug-likeness (QED) is 0.847. The molecule has 1 aromatic rings. The Labute approximate surface area is 97.5 Å². The average molecular weight is 222 g/mol. The fourth-order valence-corrected chi connectivity index (χ4v) is 2.77. The van der Waals surface area contributed by atoms with Crippen molar-refractivity contribution in [1.82, 2.24) is 20.1 Å². The molecule has 0 amide bonds. The number of nitrogens with zero attached hydrogens (tertiary/aromatic N) is 3. The van der Waals surface area contributed by atoms with E-state index in [1.165, 1.54) is 19.3 Å². The molecule has 1 heterocycles. The van der Waals surface area contributed by atoms with E-state index in [9.17, 15) is 0 Å². The molecule has 0 bridgehead atoms. The zero-order chi connectivity index (χ0) is 11.5. The van der Waals surface area contributed by atoms with Crippen LogP contribution in [0.25, 0.3) is 0 Å². The monoisotopic (exact) mass is 222 g/mol. The number of hydrogen-bond donors (Lipinski definition) is 1. The van der Waals surface area contributed by atoms with E-state index in [0.717, 1.165) is 24.2 Å². The molecule has 16 heavy (non-hydrogen) atoms. The predicted molar refractivity (Wildman–Crippen MR) is 63.8 cm³/mol. The standard InChI is InChI=1S/C12H22N4/c1-9-5-4-6-10(2)12(9)13-7-11-14-8-15-16(11)3/h8-10,12-13H,4-7H2,1-3H3. The first kappa shape index (κ1) is 11.6. The van der Waals surface area contributed by atoms with Crippen LogP contribution in [0.2, 0.25) is 0 Å². The van der Waals surface area contributed by atoms with Crippen molar-refractivity contribution in [3.8, 4) is 0 Å². The molecule has 0 aliphatic heterocycles. The first-order chi connectivity index (χ1) is 7.68. The minimum Gasteiger partial charge on any atom is -0.307 e. The fraction of sp³-hybridized carbons (Fsp3) is 0.833. The fourth-order valence-electron chi connectivity index (χ4n) is 2.77. The van der Waals surface area contributed by atoms with Crippen molar-refractivity contribution >= 4 is 0 Å². The van der Waals surface area contributed by atoms with Gasteiger partial charge >= 0.3 is 0 Å². The molecule has 1 aliphatic rings. The zero-order valence-corrected chi connectivity index (χ0v) is 10.5. The summed E-state index contributed by atoms with van der Waals surface area (Å²) in [6.07, 6.45) is 5.69. The normalized spacial score (nSPS) is 30.6. The lowest BCUT2D eigenvalue weighted by atomic mass is 9.79. The van der Waals surface area contributed by atoms with Gasteiger partial charge in [0.25, 0.3) is 0 Å². The highest BCUT2D eigenvalue weighted by molar-refractivity contribution is 4.88. The van der Waals surface area contributed by atoms with Gasteiger partial charge in [-0.3, -0.25) is 4.68 Å². The van der Waals surface area contributed by atoms with Crippen LogP contribution in [-0.4, -0.2) is 20.8 Å². The molecular formula is C12H22N4. The third-order valence-electron chi connectivity index (χ3n) is 3.85. The highest BCUT2D eigenvalue weighted by Crippen LogP contribution is 2.28. The molecule has 2 atom stereocenters. The summed E-state index contributed by atoms with van der Waals surface area (Å²) in [5, 5.41) is 7.72. The maximum Gasteiger partial charge on any atom is 0.140 e. The third-order valence-corrected chi connectivity index (χ3v) is 3.85. The number of aryl methyl sites for hydroxylation is 1. The van der Waals surface area contributed by atoms with Crippen LogP contribution in [0.5, 0.6) is 0 Å². The number of nitrogens with one attached hydrogen (secondary N) is 1. The third kappa shape index (κ3) is 2.43. The molecule has 1 saturated carbocycles. The van der Waals surface area contributed by atoms with Crippen molar-refractivity contribution in [2.24, 2.45) is 18.9 Å². The lowest BCUT2D eigenvalue weighted by Crippen LogP contribution is -2.42. The number of aromatic nitrogens is 3. The van der Waals surface area contributed by atoms with Crippen molar-refractivity contribution in [2.45, 2.75) is 45.7 Å². The van der Waals surface area contributed by atoms with Crippen LogP contribution in [0.3, 0.4) is 0 Å². The van der Waals surface area contributed by atoms with E-state index in [1.54, 1.807) is 6.33 Å². The van der Waals surface area contributed by atoms with Gasteiger partial charge in [0.2, 0.25) is 0 Å². The van der Waals surface area contributed by atoms with Gasteiger partial charge in [-0.25, -0.2) is 4.98 Å². The van der Waals surface area contributed by atoms with Crippen LogP contribution in [0.1, 0.15) is 38.9 Å². The minimum atomic E-state index is 0.630. The van der Waals surface area contributed by atoms with Gasteiger partial charge in [0.1, 0.15) is 12.2 Å². The Hall–Kier alpha value is -0.900. The van der Waals surface area contributed by atoms with Crippen LogP contribution >= 0.6 is 0 Å². The van der Waals surface area contributed by atoms with E-state index >= 15 is 0 Å². The summed E-state index contributed by atoms with van der Waals surface area (Å²) in [5.74, 6) is 2.57. The van der Waals surface area contributed by atoms with Crippen molar-refractivity contribution < 1.29 is 0 Å². The summed E-state index contributed by atoms with van der Waals surface area (Å²) >= 11 is 0. The number of hydrogen-bond acceptors (Lipinski definition) is 3. The molecule has 4 nitrogen and oxygen atoms in total. The topological polar surface area (TPSA) is 42.7 Å². The van der Waals surface area contributed by atoms with E-state index in [0.29, 0.717) is 6.04 Å². The molecule has 0 spiro atoms. The van der Waals surface area contributed by atoms with E-state index in [2.05, 4.69) is 29.2 Å². The molecule has 1 fully saturated rings. The minimum absolute atomic E-state index is 0.630. The molecule has 0 radical (unpaired) electrons. The van der Waals surface area contributed by atoms with Gasteiger partial charge in [0.05, 0.1) is 6.54 Å². The zero-order valence-electron chi connectivity index (χ0n) is 10.5. The van der Waals surface area contributed by atoms with E-state index < -0.39 is 0 Å². The first-order valence-corrected chi connectivity index (χ1v) is 6.24. The van der Waals surface area contributed by atoms with Gasteiger partial charge in [0.15, 0.2) is 0 Å². The van der Waals surface area contributed by atoms with Crippen molar-refractivity contribution in [3.63, 3.8) is 0 Å². The average Bonchev–Trinajstić information content (AvgIpc) is 2.64.